The molecule has 0 aromatic heterocycles. The van der Waals surface area contributed by atoms with E-state index in [1.165, 1.54) is 0 Å². The van der Waals surface area contributed by atoms with Gasteiger partial charge in [0.25, 0.3) is 0 Å². The summed E-state index contributed by atoms with van der Waals surface area (Å²) in [5.41, 5.74) is 0. The van der Waals surface area contributed by atoms with E-state index in [1.54, 1.807) is 11.2 Å². The van der Waals surface area contributed by atoms with E-state index in [9.17, 15) is 8.42 Å². The number of piperidine rings is 1. The second kappa shape index (κ2) is 4.59. The molecule has 1 aliphatic heterocycles. The molecule has 0 aromatic carbocycles. The number of nitrogens with zero attached hydrogens (tertiary/aromatic N) is 2. The largest absolute Gasteiger partial charge is 0.305 e. The first-order valence-electron chi connectivity index (χ1n) is 5.11. The summed E-state index contributed by atoms with van der Waals surface area (Å²) < 4.78 is 24.9. The van der Waals surface area contributed by atoms with Crippen LogP contribution in [-0.2, 0) is 10.0 Å². The van der Waals surface area contributed by atoms with Crippen LogP contribution in [0.4, 0.5) is 0 Å². The molecule has 1 aliphatic rings. The van der Waals surface area contributed by atoms with E-state index in [4.69, 9.17) is 0 Å². The van der Waals surface area contributed by atoms with Gasteiger partial charge < -0.3 is 4.90 Å². The molecule has 0 bridgehead atoms. The van der Waals surface area contributed by atoms with Crippen molar-refractivity contribution < 1.29 is 8.42 Å². The van der Waals surface area contributed by atoms with Gasteiger partial charge in [0.15, 0.2) is 0 Å². The molecule has 1 rings (SSSR count). The molecule has 0 aliphatic carbocycles. The Balaban J connectivity index is 2.65. The molecule has 1 atom stereocenters. The highest BCUT2D eigenvalue weighted by Crippen LogP contribution is 2.16. The molecule has 1 saturated heterocycles. The fourth-order valence-corrected chi connectivity index (χ4v) is 2.95. The lowest BCUT2D eigenvalue weighted by atomic mass is 10.1. The zero-order valence-electron chi connectivity index (χ0n) is 9.23. The highest BCUT2D eigenvalue weighted by molar-refractivity contribution is 7.89. The van der Waals surface area contributed by atoms with Crippen LogP contribution in [0.25, 0.3) is 0 Å². The van der Waals surface area contributed by atoms with Crippen LogP contribution in [0.3, 0.4) is 0 Å². The van der Waals surface area contributed by atoms with Gasteiger partial charge in [-0.25, -0.2) is 12.7 Å². The maximum Gasteiger partial charge on any atom is 0.213 e. The smallest absolute Gasteiger partial charge is 0.213 e. The van der Waals surface area contributed by atoms with Gasteiger partial charge in [0.05, 0.1) is 5.75 Å². The maximum atomic E-state index is 11.6. The van der Waals surface area contributed by atoms with Gasteiger partial charge in [0, 0.05) is 19.1 Å². The van der Waals surface area contributed by atoms with Crippen LogP contribution in [0, 0.1) is 0 Å². The quantitative estimate of drug-likeness (QED) is 0.689. The summed E-state index contributed by atoms with van der Waals surface area (Å²) in [6, 6.07) is 0.380. The predicted molar refractivity (Wildman–Crippen MR) is 57.7 cm³/mol. The van der Waals surface area contributed by atoms with Gasteiger partial charge in [0.2, 0.25) is 10.0 Å². The number of likely N-dealkylation sites (N-methyl/N-ethyl adjacent to an activating group) is 1. The molecule has 5 heteroatoms. The number of rotatable bonds is 3. The first kappa shape index (κ1) is 11.9. The number of hydrogen-bond donors (Lipinski definition) is 0. The van der Waals surface area contributed by atoms with Crippen molar-refractivity contribution in [2.45, 2.75) is 25.8 Å². The van der Waals surface area contributed by atoms with E-state index in [1.807, 2.05) is 14.1 Å². The van der Waals surface area contributed by atoms with Crippen molar-refractivity contribution in [1.29, 1.82) is 0 Å². The zero-order valence-corrected chi connectivity index (χ0v) is 10.0. The summed E-state index contributed by atoms with van der Waals surface area (Å²) in [5.74, 6) is 0.215. The molecule has 1 heterocycles. The highest BCUT2D eigenvalue weighted by atomic mass is 32.2. The van der Waals surface area contributed by atoms with Crippen molar-refractivity contribution in [2.75, 3.05) is 32.9 Å². The SMILES string of the molecule is CCS(=O)(=O)N1CCCC(N(C)C)C1. The minimum atomic E-state index is -2.98. The standard InChI is InChI=1S/C9H20N2O2S/c1-4-14(12,13)11-7-5-6-9(8-11)10(2)3/h9H,4-8H2,1-3H3. The maximum absolute atomic E-state index is 11.6. The molecule has 0 radical (unpaired) electrons. The molecule has 1 unspecified atom stereocenters. The molecule has 0 spiro atoms. The van der Waals surface area contributed by atoms with Crippen molar-refractivity contribution in [2.24, 2.45) is 0 Å². The summed E-state index contributed by atoms with van der Waals surface area (Å²) in [7, 11) is 1.03. The first-order valence-corrected chi connectivity index (χ1v) is 6.72. The predicted octanol–water partition coefficient (Wildman–Crippen LogP) is 0.362. The third-order valence-electron chi connectivity index (χ3n) is 2.85. The Labute approximate surface area is 86.9 Å². The van der Waals surface area contributed by atoms with Gasteiger partial charge in [-0.05, 0) is 33.9 Å². The Morgan fingerprint density at radius 2 is 2.07 bits per heavy atom. The van der Waals surface area contributed by atoms with Crippen molar-refractivity contribution in [3.63, 3.8) is 0 Å². The molecule has 0 N–H and O–H groups in total. The molecular weight excluding hydrogens is 200 g/mol. The summed E-state index contributed by atoms with van der Waals surface area (Å²) in [6.45, 7) is 3.05. The minimum absolute atomic E-state index is 0.215. The molecule has 0 saturated carbocycles. The van der Waals surface area contributed by atoms with E-state index < -0.39 is 10.0 Å². The summed E-state index contributed by atoms with van der Waals surface area (Å²) in [4.78, 5) is 2.11. The van der Waals surface area contributed by atoms with Gasteiger partial charge in [-0.15, -0.1) is 0 Å². The van der Waals surface area contributed by atoms with Crippen LogP contribution in [0.15, 0.2) is 0 Å². The van der Waals surface area contributed by atoms with Crippen LogP contribution in [0.2, 0.25) is 0 Å². The average Bonchev–Trinajstić information content (AvgIpc) is 2.18. The molecule has 84 valence electrons. The van der Waals surface area contributed by atoms with E-state index >= 15 is 0 Å². The van der Waals surface area contributed by atoms with Gasteiger partial charge in [-0.3, -0.25) is 0 Å². The van der Waals surface area contributed by atoms with E-state index in [0.717, 1.165) is 12.8 Å². The fourth-order valence-electron chi connectivity index (χ4n) is 1.78. The number of hydrogen-bond acceptors (Lipinski definition) is 3. The van der Waals surface area contributed by atoms with Crippen LogP contribution in [0.1, 0.15) is 19.8 Å². The topological polar surface area (TPSA) is 40.6 Å². The van der Waals surface area contributed by atoms with Gasteiger partial charge in [0.1, 0.15) is 0 Å². The second-order valence-corrected chi connectivity index (χ2v) is 6.28. The lowest BCUT2D eigenvalue weighted by molar-refractivity contribution is 0.190. The molecule has 0 amide bonds. The summed E-state index contributed by atoms with van der Waals surface area (Å²) in [5, 5.41) is 0. The van der Waals surface area contributed by atoms with Crippen LogP contribution in [0.5, 0.6) is 0 Å². The first-order chi connectivity index (χ1) is 6.47. The minimum Gasteiger partial charge on any atom is -0.305 e. The van der Waals surface area contributed by atoms with Crippen LogP contribution in [-0.4, -0.2) is 56.6 Å². The average molecular weight is 220 g/mol. The second-order valence-electron chi connectivity index (χ2n) is 4.02. The zero-order chi connectivity index (χ0) is 10.8. The molecule has 4 nitrogen and oxygen atoms in total. The summed E-state index contributed by atoms with van der Waals surface area (Å²) >= 11 is 0. The van der Waals surface area contributed by atoms with Gasteiger partial charge in [-0.1, -0.05) is 0 Å². The molecule has 14 heavy (non-hydrogen) atoms. The molecule has 0 aromatic rings. The van der Waals surface area contributed by atoms with Gasteiger partial charge >= 0.3 is 0 Å². The third-order valence-corrected chi connectivity index (χ3v) is 4.70. The van der Waals surface area contributed by atoms with Crippen LogP contribution >= 0.6 is 0 Å². The van der Waals surface area contributed by atoms with E-state index in [2.05, 4.69) is 4.90 Å². The van der Waals surface area contributed by atoms with Crippen molar-refractivity contribution in [3.05, 3.63) is 0 Å². The van der Waals surface area contributed by atoms with E-state index in [0.29, 0.717) is 19.1 Å². The Morgan fingerprint density at radius 1 is 1.43 bits per heavy atom. The Kier molecular flexibility index (Phi) is 3.92. The molecule has 1 fully saturated rings. The normalized spacial score (nSPS) is 25.6. The number of sulfonamides is 1. The Morgan fingerprint density at radius 3 is 2.57 bits per heavy atom. The van der Waals surface area contributed by atoms with Crippen molar-refractivity contribution >= 4 is 10.0 Å². The Hall–Kier alpha value is -0.130. The Bertz CT molecular complexity index is 275. The van der Waals surface area contributed by atoms with Crippen molar-refractivity contribution in [1.82, 2.24) is 9.21 Å². The lowest BCUT2D eigenvalue weighted by Gasteiger charge is -2.35. The highest BCUT2D eigenvalue weighted by Gasteiger charge is 2.28. The fraction of sp³-hybridized carbons (Fsp3) is 1.00. The summed E-state index contributed by atoms with van der Waals surface area (Å²) in [6.07, 6.45) is 2.07. The van der Waals surface area contributed by atoms with E-state index in [-0.39, 0.29) is 5.75 Å². The van der Waals surface area contributed by atoms with Crippen LogP contribution < -0.4 is 0 Å². The van der Waals surface area contributed by atoms with Gasteiger partial charge in [-0.2, -0.15) is 0 Å². The third kappa shape index (κ3) is 2.68. The van der Waals surface area contributed by atoms with Crippen molar-refractivity contribution in [3.8, 4) is 0 Å². The molecular formula is C9H20N2O2S. The monoisotopic (exact) mass is 220 g/mol. The lowest BCUT2D eigenvalue weighted by Crippen LogP contribution is -2.47.